The van der Waals surface area contributed by atoms with Crippen molar-refractivity contribution in [2.24, 2.45) is 0 Å². The Bertz CT molecular complexity index is 284. The second-order valence-corrected chi connectivity index (χ2v) is 3.66. The number of hydrogen-bond donors (Lipinski definition) is 1. The fourth-order valence-corrected chi connectivity index (χ4v) is 1.73. The molecule has 0 saturated carbocycles. The second-order valence-electron chi connectivity index (χ2n) is 3.22. The van der Waals surface area contributed by atoms with E-state index in [2.05, 4.69) is 11.4 Å². The third kappa shape index (κ3) is 2.44. The van der Waals surface area contributed by atoms with E-state index in [0.717, 1.165) is 18.0 Å². The van der Waals surface area contributed by atoms with Crippen LogP contribution in [0.25, 0.3) is 0 Å². The van der Waals surface area contributed by atoms with Gasteiger partial charge in [-0.1, -0.05) is 23.7 Å². The van der Waals surface area contributed by atoms with E-state index in [0.29, 0.717) is 12.8 Å². The summed E-state index contributed by atoms with van der Waals surface area (Å²) in [7, 11) is 0. The van der Waals surface area contributed by atoms with Crippen LogP contribution < -0.4 is 5.32 Å². The molecular weight excluding hydrogens is 186 g/mol. The minimum atomic E-state index is 0.304. The van der Waals surface area contributed by atoms with Gasteiger partial charge in [-0.15, -0.1) is 0 Å². The first-order valence-electron chi connectivity index (χ1n) is 4.41. The molecule has 1 aliphatic heterocycles. The zero-order valence-electron chi connectivity index (χ0n) is 7.29. The van der Waals surface area contributed by atoms with Crippen LogP contribution in [0.4, 0.5) is 0 Å². The molecule has 0 aromatic heterocycles. The Morgan fingerprint density at radius 1 is 1.54 bits per heavy atom. The summed E-state index contributed by atoms with van der Waals surface area (Å²) in [6, 6.07) is 7.93. The highest BCUT2D eigenvalue weighted by atomic mass is 35.5. The van der Waals surface area contributed by atoms with Crippen molar-refractivity contribution in [3.05, 3.63) is 34.9 Å². The van der Waals surface area contributed by atoms with Crippen molar-refractivity contribution in [3.8, 4) is 0 Å². The smallest absolute Gasteiger partial charge is 0.0970 e. The number of hydrogen-bond acceptors (Lipinski definition) is 2. The zero-order chi connectivity index (χ0) is 9.10. The predicted octanol–water partition coefficient (Wildman–Crippen LogP) is 1.83. The van der Waals surface area contributed by atoms with Crippen molar-refractivity contribution in [3.63, 3.8) is 0 Å². The Morgan fingerprint density at radius 2 is 2.46 bits per heavy atom. The van der Waals surface area contributed by atoms with Crippen molar-refractivity contribution < 1.29 is 4.74 Å². The standard InChI is InChI=1S/C10H12ClNO/c11-9-3-1-2-8(4-9)5-10-6-12-7-13-10/h1-4,10,12H,5-7H2. The molecule has 1 fully saturated rings. The summed E-state index contributed by atoms with van der Waals surface area (Å²) in [6.45, 7) is 1.61. The first kappa shape index (κ1) is 9.00. The summed E-state index contributed by atoms with van der Waals surface area (Å²) in [6.07, 6.45) is 1.24. The summed E-state index contributed by atoms with van der Waals surface area (Å²) in [4.78, 5) is 0. The highest BCUT2D eigenvalue weighted by Crippen LogP contribution is 2.14. The summed E-state index contributed by atoms with van der Waals surface area (Å²) in [5.41, 5.74) is 1.24. The molecule has 0 bridgehead atoms. The van der Waals surface area contributed by atoms with Gasteiger partial charge in [0.15, 0.2) is 0 Å². The summed E-state index contributed by atoms with van der Waals surface area (Å²) in [5, 5.41) is 3.95. The molecule has 13 heavy (non-hydrogen) atoms. The van der Waals surface area contributed by atoms with Gasteiger partial charge in [0.1, 0.15) is 0 Å². The van der Waals surface area contributed by atoms with Crippen LogP contribution in [0, 0.1) is 0 Å². The van der Waals surface area contributed by atoms with Gasteiger partial charge in [-0.3, -0.25) is 5.32 Å². The van der Waals surface area contributed by atoms with Crippen molar-refractivity contribution in [2.75, 3.05) is 13.3 Å². The molecular formula is C10H12ClNO. The van der Waals surface area contributed by atoms with Crippen molar-refractivity contribution in [1.82, 2.24) is 5.32 Å². The number of halogens is 1. The van der Waals surface area contributed by atoms with Crippen LogP contribution in [0.2, 0.25) is 5.02 Å². The molecule has 70 valence electrons. The number of benzene rings is 1. The largest absolute Gasteiger partial charge is 0.361 e. The van der Waals surface area contributed by atoms with E-state index < -0.39 is 0 Å². The quantitative estimate of drug-likeness (QED) is 0.781. The molecule has 1 saturated heterocycles. The lowest BCUT2D eigenvalue weighted by Gasteiger charge is -2.07. The van der Waals surface area contributed by atoms with Gasteiger partial charge < -0.3 is 4.74 Å². The van der Waals surface area contributed by atoms with Crippen LogP contribution in [0.1, 0.15) is 5.56 Å². The number of nitrogens with one attached hydrogen (secondary N) is 1. The maximum absolute atomic E-state index is 5.87. The molecule has 2 rings (SSSR count). The zero-order valence-corrected chi connectivity index (χ0v) is 8.05. The van der Waals surface area contributed by atoms with E-state index in [-0.39, 0.29) is 0 Å². The normalized spacial score (nSPS) is 22.1. The lowest BCUT2D eigenvalue weighted by atomic mass is 10.1. The highest BCUT2D eigenvalue weighted by molar-refractivity contribution is 6.30. The van der Waals surface area contributed by atoms with Crippen molar-refractivity contribution >= 4 is 11.6 Å². The van der Waals surface area contributed by atoms with E-state index >= 15 is 0 Å². The SMILES string of the molecule is Clc1cccc(CC2CNCO2)c1. The lowest BCUT2D eigenvalue weighted by Crippen LogP contribution is -2.16. The van der Waals surface area contributed by atoms with E-state index in [9.17, 15) is 0 Å². The van der Waals surface area contributed by atoms with Gasteiger partial charge in [0.25, 0.3) is 0 Å². The summed E-state index contributed by atoms with van der Waals surface area (Å²) in [5.74, 6) is 0. The van der Waals surface area contributed by atoms with Gasteiger partial charge in [0.2, 0.25) is 0 Å². The van der Waals surface area contributed by atoms with Crippen LogP contribution in [0.15, 0.2) is 24.3 Å². The first-order valence-corrected chi connectivity index (χ1v) is 4.79. The molecule has 1 N–H and O–H groups in total. The monoisotopic (exact) mass is 197 g/mol. The van der Waals surface area contributed by atoms with Gasteiger partial charge in [0.05, 0.1) is 12.8 Å². The Labute approximate surface area is 82.9 Å². The van der Waals surface area contributed by atoms with Crippen LogP contribution in [-0.2, 0) is 11.2 Å². The number of rotatable bonds is 2. The molecule has 1 aromatic rings. The summed E-state index contributed by atoms with van der Waals surface area (Å²) < 4.78 is 5.44. The van der Waals surface area contributed by atoms with Crippen molar-refractivity contribution in [2.45, 2.75) is 12.5 Å². The molecule has 0 amide bonds. The fourth-order valence-electron chi connectivity index (χ4n) is 1.51. The summed E-state index contributed by atoms with van der Waals surface area (Å²) >= 11 is 5.87. The average Bonchev–Trinajstić information content (AvgIpc) is 2.57. The fraction of sp³-hybridized carbons (Fsp3) is 0.400. The van der Waals surface area contributed by atoms with E-state index in [4.69, 9.17) is 16.3 Å². The first-order chi connectivity index (χ1) is 6.34. The van der Waals surface area contributed by atoms with Gasteiger partial charge >= 0.3 is 0 Å². The Kier molecular flexibility index (Phi) is 2.83. The Hall–Kier alpha value is -0.570. The van der Waals surface area contributed by atoms with Crippen LogP contribution >= 0.6 is 11.6 Å². The lowest BCUT2D eigenvalue weighted by molar-refractivity contribution is 0.114. The topological polar surface area (TPSA) is 21.3 Å². The molecule has 1 unspecified atom stereocenters. The predicted molar refractivity (Wildman–Crippen MR) is 52.9 cm³/mol. The minimum absolute atomic E-state index is 0.304. The van der Waals surface area contributed by atoms with Crippen LogP contribution in [0.3, 0.4) is 0 Å². The highest BCUT2D eigenvalue weighted by Gasteiger charge is 2.14. The molecule has 1 aromatic carbocycles. The second kappa shape index (κ2) is 4.09. The van der Waals surface area contributed by atoms with E-state index in [1.807, 2.05) is 18.2 Å². The number of ether oxygens (including phenoxy) is 1. The Balaban J connectivity index is 2.00. The third-order valence-electron chi connectivity index (χ3n) is 2.15. The van der Waals surface area contributed by atoms with Gasteiger partial charge in [-0.25, -0.2) is 0 Å². The molecule has 0 spiro atoms. The van der Waals surface area contributed by atoms with Gasteiger partial charge in [0, 0.05) is 11.6 Å². The molecule has 0 radical (unpaired) electrons. The molecule has 3 heteroatoms. The third-order valence-corrected chi connectivity index (χ3v) is 2.38. The minimum Gasteiger partial charge on any atom is -0.361 e. The molecule has 1 aliphatic rings. The molecule has 0 aliphatic carbocycles. The average molecular weight is 198 g/mol. The molecule has 2 nitrogen and oxygen atoms in total. The molecule has 1 heterocycles. The van der Waals surface area contributed by atoms with E-state index in [1.165, 1.54) is 5.56 Å². The van der Waals surface area contributed by atoms with Crippen molar-refractivity contribution in [1.29, 1.82) is 0 Å². The maximum atomic E-state index is 5.87. The van der Waals surface area contributed by atoms with Crippen LogP contribution in [-0.4, -0.2) is 19.4 Å². The van der Waals surface area contributed by atoms with Gasteiger partial charge in [-0.2, -0.15) is 0 Å². The molecule has 1 atom stereocenters. The maximum Gasteiger partial charge on any atom is 0.0970 e. The van der Waals surface area contributed by atoms with Crippen LogP contribution in [0.5, 0.6) is 0 Å². The van der Waals surface area contributed by atoms with Gasteiger partial charge in [-0.05, 0) is 24.1 Å². The van der Waals surface area contributed by atoms with E-state index in [1.54, 1.807) is 0 Å². The Morgan fingerprint density at radius 3 is 3.15 bits per heavy atom.